The molecule has 0 bridgehead atoms. The Morgan fingerprint density at radius 3 is 2.50 bits per heavy atom. The van der Waals surface area contributed by atoms with Gasteiger partial charge in [-0.25, -0.2) is 0 Å². The van der Waals surface area contributed by atoms with Gasteiger partial charge in [-0.05, 0) is 17.7 Å². The fraction of sp³-hybridized carbons (Fsp3) is 0.364. The van der Waals surface area contributed by atoms with Crippen LogP contribution in [0.4, 0.5) is 0 Å². The molecule has 1 aromatic carbocycles. The van der Waals surface area contributed by atoms with Gasteiger partial charge in [-0.3, -0.25) is 4.79 Å². The van der Waals surface area contributed by atoms with Crippen LogP contribution in [0.3, 0.4) is 0 Å². The quantitative estimate of drug-likeness (QED) is 0.605. The van der Waals surface area contributed by atoms with Crippen molar-refractivity contribution in [3.05, 3.63) is 29.8 Å². The average Bonchev–Trinajstić information content (AvgIpc) is 2.27. The van der Waals surface area contributed by atoms with E-state index in [1.54, 1.807) is 24.3 Å². The first-order valence-electron chi connectivity index (χ1n) is 4.90. The molecule has 0 saturated carbocycles. The Morgan fingerprint density at radius 1 is 1.38 bits per heavy atom. The molecule has 0 heterocycles. The van der Waals surface area contributed by atoms with Crippen LogP contribution >= 0.6 is 0 Å². The zero-order valence-electron chi connectivity index (χ0n) is 8.80. The Morgan fingerprint density at radius 2 is 2.00 bits per heavy atom. The van der Waals surface area contributed by atoms with Crippen LogP contribution < -0.4 is 10.5 Å². The first kappa shape index (κ1) is 12.5. The molecule has 1 atom stereocenters. The molecule has 0 aromatic heterocycles. The molecular formula is C11H15NO4. The third kappa shape index (κ3) is 4.29. The Kier molecular flexibility index (Phi) is 4.75. The molecule has 0 radical (unpaired) electrons. The number of aliphatic hydroxyl groups excluding tert-OH is 2. The van der Waals surface area contributed by atoms with Crippen LogP contribution in [0.25, 0.3) is 0 Å². The van der Waals surface area contributed by atoms with Crippen LogP contribution in [-0.2, 0) is 11.2 Å². The highest BCUT2D eigenvalue weighted by molar-refractivity contribution is 5.76. The summed E-state index contributed by atoms with van der Waals surface area (Å²) in [4.78, 5) is 10.6. The van der Waals surface area contributed by atoms with E-state index in [1.807, 2.05) is 0 Å². The molecule has 0 fully saturated rings. The molecule has 1 unspecified atom stereocenters. The lowest BCUT2D eigenvalue weighted by atomic mass is 10.1. The van der Waals surface area contributed by atoms with Crippen molar-refractivity contribution >= 4 is 5.91 Å². The highest BCUT2D eigenvalue weighted by atomic mass is 16.5. The zero-order chi connectivity index (χ0) is 12.0. The van der Waals surface area contributed by atoms with E-state index < -0.39 is 6.10 Å². The number of carbonyl (C=O) groups is 1. The summed E-state index contributed by atoms with van der Waals surface area (Å²) in [6.45, 7) is -0.300. The highest BCUT2D eigenvalue weighted by Gasteiger charge is 2.03. The van der Waals surface area contributed by atoms with Gasteiger partial charge in [0.05, 0.1) is 13.0 Å². The first-order chi connectivity index (χ1) is 7.61. The summed E-state index contributed by atoms with van der Waals surface area (Å²) in [5.41, 5.74) is 5.86. The van der Waals surface area contributed by atoms with Gasteiger partial charge in [-0.2, -0.15) is 0 Å². The Labute approximate surface area is 93.5 Å². The minimum Gasteiger partial charge on any atom is -0.491 e. The lowest BCUT2D eigenvalue weighted by Gasteiger charge is -2.09. The first-order valence-corrected chi connectivity index (χ1v) is 4.90. The van der Waals surface area contributed by atoms with E-state index in [9.17, 15) is 4.79 Å². The van der Waals surface area contributed by atoms with Crippen LogP contribution in [0.1, 0.15) is 5.56 Å². The molecule has 1 amide bonds. The lowest BCUT2D eigenvalue weighted by Crippen LogP contribution is -2.21. The number of hydrogen-bond donors (Lipinski definition) is 3. The summed E-state index contributed by atoms with van der Waals surface area (Å²) in [5.74, 6) is 0.185. The van der Waals surface area contributed by atoms with Crippen molar-refractivity contribution in [2.75, 3.05) is 13.2 Å². The average molecular weight is 225 g/mol. The van der Waals surface area contributed by atoms with Crippen LogP contribution in [-0.4, -0.2) is 35.4 Å². The van der Waals surface area contributed by atoms with E-state index in [4.69, 9.17) is 20.7 Å². The van der Waals surface area contributed by atoms with E-state index in [-0.39, 0.29) is 25.5 Å². The van der Waals surface area contributed by atoms with Crippen molar-refractivity contribution < 1.29 is 19.7 Å². The highest BCUT2D eigenvalue weighted by Crippen LogP contribution is 2.12. The monoisotopic (exact) mass is 225 g/mol. The van der Waals surface area contributed by atoms with Crippen molar-refractivity contribution in [3.63, 3.8) is 0 Å². The molecule has 0 aliphatic heterocycles. The normalized spacial score (nSPS) is 12.1. The minimum atomic E-state index is -0.884. The Hall–Kier alpha value is -1.59. The molecule has 88 valence electrons. The molecule has 1 aromatic rings. The van der Waals surface area contributed by atoms with Gasteiger partial charge in [-0.1, -0.05) is 12.1 Å². The number of benzene rings is 1. The maximum absolute atomic E-state index is 10.6. The number of hydrogen-bond acceptors (Lipinski definition) is 4. The summed E-state index contributed by atoms with van der Waals surface area (Å²) in [5, 5.41) is 17.6. The van der Waals surface area contributed by atoms with Crippen molar-refractivity contribution in [1.29, 1.82) is 0 Å². The Bertz CT molecular complexity index is 336. The van der Waals surface area contributed by atoms with E-state index in [1.165, 1.54) is 0 Å². The molecule has 0 spiro atoms. The smallest absolute Gasteiger partial charge is 0.221 e. The number of primary amides is 1. The number of rotatable bonds is 6. The van der Waals surface area contributed by atoms with Gasteiger partial charge in [0.15, 0.2) is 0 Å². The van der Waals surface area contributed by atoms with Crippen LogP contribution in [0.5, 0.6) is 5.75 Å². The predicted molar refractivity (Wildman–Crippen MR) is 57.9 cm³/mol. The number of nitrogens with two attached hydrogens (primary N) is 1. The number of carbonyl (C=O) groups excluding carboxylic acids is 1. The van der Waals surface area contributed by atoms with E-state index in [2.05, 4.69) is 0 Å². The molecule has 5 heteroatoms. The minimum absolute atomic E-state index is 0.0334. The van der Waals surface area contributed by atoms with Gasteiger partial charge in [0, 0.05) is 0 Å². The van der Waals surface area contributed by atoms with Gasteiger partial charge in [0.1, 0.15) is 18.5 Å². The Balaban J connectivity index is 2.48. The molecule has 0 aliphatic carbocycles. The van der Waals surface area contributed by atoms with Gasteiger partial charge < -0.3 is 20.7 Å². The molecular weight excluding hydrogens is 210 g/mol. The summed E-state index contributed by atoms with van der Waals surface area (Å²) in [6.07, 6.45) is -0.690. The van der Waals surface area contributed by atoms with Crippen molar-refractivity contribution in [1.82, 2.24) is 0 Å². The second-order valence-corrected chi connectivity index (χ2v) is 3.43. The van der Waals surface area contributed by atoms with Crippen molar-refractivity contribution in [2.45, 2.75) is 12.5 Å². The summed E-state index contributed by atoms with van der Waals surface area (Å²) in [6, 6.07) is 6.82. The van der Waals surface area contributed by atoms with Crippen LogP contribution in [0, 0.1) is 0 Å². The van der Waals surface area contributed by atoms with Gasteiger partial charge in [0.2, 0.25) is 5.91 Å². The molecule has 4 N–H and O–H groups in total. The maximum Gasteiger partial charge on any atom is 0.221 e. The van der Waals surface area contributed by atoms with Crippen LogP contribution in [0.2, 0.25) is 0 Å². The van der Waals surface area contributed by atoms with Gasteiger partial charge in [-0.15, -0.1) is 0 Å². The maximum atomic E-state index is 10.6. The SMILES string of the molecule is NC(=O)Cc1ccc(OCC(O)CO)cc1. The second kappa shape index (κ2) is 6.09. The summed E-state index contributed by atoms with van der Waals surface area (Å²) < 4.78 is 5.19. The number of ether oxygens (including phenoxy) is 1. The molecule has 1 rings (SSSR count). The van der Waals surface area contributed by atoms with E-state index in [0.29, 0.717) is 5.75 Å². The van der Waals surface area contributed by atoms with E-state index in [0.717, 1.165) is 5.56 Å². The lowest BCUT2D eigenvalue weighted by molar-refractivity contribution is -0.117. The fourth-order valence-corrected chi connectivity index (χ4v) is 1.15. The van der Waals surface area contributed by atoms with E-state index >= 15 is 0 Å². The number of amides is 1. The third-order valence-corrected chi connectivity index (χ3v) is 1.95. The standard InChI is InChI=1S/C11H15NO4/c12-11(15)5-8-1-3-10(4-2-8)16-7-9(14)6-13/h1-4,9,13-14H,5-7H2,(H2,12,15). The van der Waals surface area contributed by atoms with Crippen LogP contribution in [0.15, 0.2) is 24.3 Å². The second-order valence-electron chi connectivity index (χ2n) is 3.43. The summed E-state index contributed by atoms with van der Waals surface area (Å²) >= 11 is 0. The summed E-state index contributed by atoms with van der Waals surface area (Å²) in [7, 11) is 0. The zero-order valence-corrected chi connectivity index (χ0v) is 8.80. The fourth-order valence-electron chi connectivity index (χ4n) is 1.15. The molecule has 0 saturated heterocycles. The molecule has 0 aliphatic rings. The topological polar surface area (TPSA) is 92.8 Å². The molecule has 5 nitrogen and oxygen atoms in total. The van der Waals surface area contributed by atoms with Gasteiger partial charge in [0.25, 0.3) is 0 Å². The number of aliphatic hydroxyl groups is 2. The van der Waals surface area contributed by atoms with Crippen molar-refractivity contribution in [3.8, 4) is 5.75 Å². The predicted octanol–water partition coefficient (Wildman–Crippen LogP) is -0.554. The van der Waals surface area contributed by atoms with Gasteiger partial charge >= 0.3 is 0 Å². The third-order valence-electron chi connectivity index (χ3n) is 1.95. The largest absolute Gasteiger partial charge is 0.491 e. The molecule has 16 heavy (non-hydrogen) atoms. The van der Waals surface area contributed by atoms with Crippen molar-refractivity contribution in [2.24, 2.45) is 5.73 Å².